The van der Waals surface area contributed by atoms with Crippen LogP contribution in [0.15, 0.2) is 42.5 Å². The van der Waals surface area contributed by atoms with Gasteiger partial charge in [0.15, 0.2) is 12.1 Å². The number of aliphatic carboxylic acids is 1. The first-order chi connectivity index (χ1) is 27.3. The molecule has 0 aliphatic carbocycles. The second-order valence-electron chi connectivity index (χ2n) is 13.2. The van der Waals surface area contributed by atoms with E-state index in [1.165, 1.54) is 35.0 Å². The zero-order valence-electron chi connectivity index (χ0n) is 34.0. The summed E-state index contributed by atoms with van der Waals surface area (Å²) in [4.78, 5) is 72.5. The monoisotopic (exact) mass is 794 g/mol. The maximum absolute atomic E-state index is 12.2. The summed E-state index contributed by atoms with van der Waals surface area (Å²) in [6, 6.07) is 11.0. The summed E-state index contributed by atoms with van der Waals surface area (Å²) in [6.45, 7) is 7.10. The number of aliphatic hydroxyl groups excluding tert-OH is 3. The van der Waals surface area contributed by atoms with Crippen molar-refractivity contribution in [3.63, 3.8) is 0 Å². The highest BCUT2D eigenvalue weighted by atomic mass is 16.7. The number of ether oxygens (including phenoxy) is 4. The number of nitrogens with one attached hydrogen (secondary N) is 2. The number of carbonyl (C=O) groups excluding carboxylic acids is 4. The molecule has 1 aliphatic heterocycles. The van der Waals surface area contributed by atoms with Gasteiger partial charge >= 0.3 is 18.2 Å². The lowest BCUT2D eigenvalue weighted by molar-refractivity contribution is -0.306. The molecule has 1 heterocycles. The van der Waals surface area contributed by atoms with Crippen LogP contribution in [0.3, 0.4) is 0 Å². The summed E-state index contributed by atoms with van der Waals surface area (Å²) >= 11 is 0. The van der Waals surface area contributed by atoms with E-state index in [-0.39, 0.29) is 86.2 Å². The molecular weight excluding hydrogens is 740 g/mol. The number of likely N-dealkylation sites (N-methyl/N-ethyl adjacent to an activating group) is 2. The summed E-state index contributed by atoms with van der Waals surface area (Å²) < 4.78 is 34.7. The van der Waals surface area contributed by atoms with Crippen molar-refractivity contribution in [2.75, 3.05) is 44.4 Å². The number of carbonyl (C=O) groups is 6. The van der Waals surface area contributed by atoms with Crippen molar-refractivity contribution >= 4 is 47.1 Å². The van der Waals surface area contributed by atoms with Gasteiger partial charge in [-0.2, -0.15) is 0 Å². The van der Waals surface area contributed by atoms with Crippen molar-refractivity contribution < 1.29 is 74.6 Å². The van der Waals surface area contributed by atoms with E-state index in [4.69, 9.17) is 21.7 Å². The number of carboxylic acids is 1. The first-order valence-corrected chi connectivity index (χ1v) is 17.4. The maximum Gasteiger partial charge on any atom is 0.409 e. The number of ketones is 1. The largest absolute Gasteiger partial charge is 0.484 e. The van der Waals surface area contributed by atoms with Crippen molar-refractivity contribution in [3.05, 3.63) is 48.0 Å². The Hall–Kier alpha value is -5.50. The van der Waals surface area contributed by atoms with Crippen LogP contribution in [0.1, 0.15) is 47.9 Å². The maximum atomic E-state index is 12.2. The van der Waals surface area contributed by atoms with E-state index in [9.17, 15) is 49.2 Å². The lowest BCUT2D eigenvalue weighted by Crippen LogP contribution is -2.58. The highest BCUT2D eigenvalue weighted by molar-refractivity contribution is 5.94. The second-order valence-corrected chi connectivity index (χ2v) is 13.2. The van der Waals surface area contributed by atoms with Crippen LogP contribution < -0.4 is 20.1 Å². The molecule has 0 spiro atoms. The lowest BCUT2D eigenvalue weighted by atomic mass is 9.94. The molecule has 4 amide bonds. The Balaban J connectivity index is 0.000000409. The van der Waals surface area contributed by atoms with E-state index in [2.05, 4.69) is 15.7 Å². The number of Topliss-reactive ketones (excluding diaryl/α,β-unsaturated/α-hetero) is 1. The quantitative estimate of drug-likeness (QED) is 0.129. The van der Waals surface area contributed by atoms with Gasteiger partial charge in [0, 0.05) is 58.6 Å². The molecule has 1 saturated heterocycles. The molecule has 0 aromatic heterocycles. The van der Waals surface area contributed by atoms with Crippen molar-refractivity contribution in [2.45, 2.75) is 72.4 Å². The predicted octanol–water partition coefficient (Wildman–Crippen LogP) is 2.57. The Bertz CT molecular complexity index is 1700. The van der Waals surface area contributed by atoms with Crippen molar-refractivity contribution in [3.8, 4) is 11.5 Å². The van der Waals surface area contributed by atoms with Crippen LogP contribution in [0.5, 0.6) is 11.5 Å². The molecule has 0 saturated carbocycles. The summed E-state index contributed by atoms with van der Waals surface area (Å²) in [5.41, 5.74) is 1.59. The highest BCUT2D eigenvalue weighted by Crippen LogP contribution is 2.33. The molecule has 1 aliphatic rings. The number of aliphatic hydroxyl groups is 3. The second kappa shape index (κ2) is 22.2. The molecule has 2 aromatic carbocycles. The van der Waals surface area contributed by atoms with Crippen LogP contribution in [0.4, 0.5) is 21.0 Å². The van der Waals surface area contributed by atoms with Gasteiger partial charge in [-0.3, -0.25) is 19.2 Å². The predicted molar refractivity (Wildman–Crippen MR) is 199 cm³/mol. The van der Waals surface area contributed by atoms with Gasteiger partial charge < -0.3 is 64.9 Å². The third kappa shape index (κ3) is 14.6. The molecule has 19 nitrogen and oxygen atoms in total. The van der Waals surface area contributed by atoms with Gasteiger partial charge in [0.05, 0.1) is 5.69 Å². The molecule has 0 bridgehead atoms. The SMILES string of the molecule is [2H]CCC(=O)COc1ccc(OC2OC(O)C(O)C(O)C2C(=O)O)cc1NC(=O)C(C)C.[2H]OC(=O)N(C)CCN(C)C(=O)OCc1ccc(NC(=O)C(C)C)cc1. The summed E-state index contributed by atoms with van der Waals surface area (Å²) in [5, 5.41) is 48.0. The van der Waals surface area contributed by atoms with Gasteiger partial charge in [-0.15, -0.1) is 0 Å². The van der Waals surface area contributed by atoms with Crippen LogP contribution in [0, 0.1) is 17.8 Å². The van der Waals surface area contributed by atoms with E-state index in [1.807, 2.05) is 13.8 Å². The normalized spacial score (nSPS) is 19.2. The average molecular weight is 795 g/mol. The standard InChI is InChI=1S/C20H27NO10.C17H25N3O5/c1-4-10(22)8-29-13-6-5-11(7-12(13)21-17(25)9(2)3)30-20-14(18(26)27)15(23)16(24)19(28)31-20;1-12(2)15(21)18-14-7-5-13(6-8-14)11-25-17(24)20(4)10-9-19(3)16(22)23/h5-7,9,14-16,19-20,23-24,28H,4,8H2,1-3H3,(H,21,25)(H,26,27);5-8,12H,9-11H2,1-4H3,(H,18,21)(H,22,23)/i1D;/hD. The molecule has 310 valence electrons. The van der Waals surface area contributed by atoms with Crippen molar-refractivity contribution in [2.24, 2.45) is 17.8 Å². The van der Waals surface area contributed by atoms with Gasteiger partial charge in [0.25, 0.3) is 1.43 Å². The van der Waals surface area contributed by atoms with Gasteiger partial charge in [-0.25, -0.2) is 9.59 Å². The summed E-state index contributed by atoms with van der Waals surface area (Å²) in [7, 11) is 3.02. The van der Waals surface area contributed by atoms with E-state index >= 15 is 0 Å². The molecule has 56 heavy (non-hydrogen) atoms. The fraction of sp³-hybridized carbons (Fsp3) is 0.514. The third-order valence-electron chi connectivity index (χ3n) is 8.02. The summed E-state index contributed by atoms with van der Waals surface area (Å²) in [5.74, 6) is -4.31. The van der Waals surface area contributed by atoms with Crippen LogP contribution >= 0.6 is 0 Å². The lowest BCUT2D eigenvalue weighted by Gasteiger charge is -2.38. The minimum absolute atomic E-state index is 0.000862. The molecule has 2 aromatic rings. The Morgan fingerprint density at radius 1 is 0.893 bits per heavy atom. The van der Waals surface area contributed by atoms with Crippen molar-refractivity contribution in [1.82, 2.24) is 9.80 Å². The number of rotatable bonds is 16. The molecular formula is C37H52N4O15. The summed E-state index contributed by atoms with van der Waals surface area (Å²) in [6.07, 6.45) is -8.54. The zero-order chi connectivity index (χ0) is 43.7. The average Bonchev–Trinajstić information content (AvgIpc) is 3.17. The number of hydrogen-bond acceptors (Lipinski definition) is 14. The van der Waals surface area contributed by atoms with Gasteiger partial charge in [-0.05, 0) is 29.8 Å². The minimum atomic E-state index is -1.88. The van der Waals surface area contributed by atoms with Crippen LogP contribution in [0.25, 0.3) is 1.43 Å². The molecule has 0 radical (unpaired) electrons. The van der Waals surface area contributed by atoms with E-state index in [0.717, 1.165) is 5.56 Å². The van der Waals surface area contributed by atoms with E-state index < -0.39 is 48.9 Å². The number of benzene rings is 2. The first-order valence-electron chi connectivity index (χ1n) is 18.5. The first kappa shape index (κ1) is 43.2. The number of amides is 4. The molecule has 7 N–H and O–H groups in total. The number of anilines is 2. The Labute approximate surface area is 327 Å². The Kier molecular flexibility index (Phi) is 17.1. The fourth-order valence-electron chi connectivity index (χ4n) is 4.36. The Morgan fingerprint density at radius 2 is 1.52 bits per heavy atom. The minimum Gasteiger partial charge on any atom is -0.484 e. The Morgan fingerprint density at radius 3 is 2.11 bits per heavy atom. The van der Waals surface area contributed by atoms with Gasteiger partial charge in [0.2, 0.25) is 18.1 Å². The number of carboxylic acid groups (broad SMARTS) is 2. The van der Waals surface area contributed by atoms with E-state index in [1.54, 1.807) is 45.2 Å². The number of nitrogens with zero attached hydrogens (tertiary/aromatic N) is 2. The highest BCUT2D eigenvalue weighted by Gasteiger charge is 2.49. The molecule has 1 fully saturated rings. The topological polar surface area (TPSA) is 271 Å². The fourth-order valence-corrected chi connectivity index (χ4v) is 4.36. The van der Waals surface area contributed by atoms with Crippen LogP contribution in [-0.2, 0) is 35.3 Å². The van der Waals surface area contributed by atoms with Gasteiger partial charge in [-0.1, -0.05) is 46.7 Å². The van der Waals surface area contributed by atoms with Crippen LogP contribution in [0.2, 0.25) is 0 Å². The molecule has 3 rings (SSSR count). The smallest absolute Gasteiger partial charge is 0.409 e. The van der Waals surface area contributed by atoms with Crippen molar-refractivity contribution in [1.29, 1.82) is 1.43 Å². The van der Waals surface area contributed by atoms with Crippen LogP contribution in [-0.4, -0.2) is 130 Å². The van der Waals surface area contributed by atoms with E-state index in [0.29, 0.717) is 5.69 Å². The molecule has 5 atom stereocenters. The zero-order valence-corrected chi connectivity index (χ0v) is 32.0. The number of hydrogen-bond donors (Lipinski definition) is 7. The van der Waals surface area contributed by atoms with Gasteiger partial charge in [0.1, 0.15) is 42.8 Å². The molecule has 5 unspecified atom stereocenters. The molecule has 19 heteroatoms. The third-order valence-corrected chi connectivity index (χ3v) is 8.02.